The third-order valence-corrected chi connectivity index (χ3v) is 2.10. The first-order chi connectivity index (χ1) is 5.02. The van der Waals surface area contributed by atoms with Crippen molar-refractivity contribution < 1.29 is 17.6 Å². The van der Waals surface area contributed by atoms with E-state index >= 15 is 0 Å². The van der Waals surface area contributed by atoms with Gasteiger partial charge in [0.2, 0.25) is 0 Å². The van der Waals surface area contributed by atoms with Crippen molar-refractivity contribution in [3.63, 3.8) is 0 Å². The second-order valence-corrected chi connectivity index (χ2v) is 2.84. The summed E-state index contributed by atoms with van der Waals surface area (Å²) in [6, 6.07) is 0. The van der Waals surface area contributed by atoms with E-state index in [1.54, 1.807) is 0 Å². The molecule has 0 spiro atoms. The molecule has 6 heteroatoms. The molecule has 0 aromatic rings. The molecule has 0 bridgehead atoms. The topological polar surface area (TPSA) is 12.0 Å². The van der Waals surface area contributed by atoms with Crippen LogP contribution in [0, 0.1) is 5.41 Å². The van der Waals surface area contributed by atoms with Crippen LogP contribution < -0.4 is 5.32 Å². The molecule has 0 radical (unpaired) electrons. The predicted molar refractivity (Wildman–Crippen MR) is 39.2 cm³/mol. The first-order valence-corrected chi connectivity index (χ1v) is 3.35. The standard InChI is InChI=1S/C6H9F4N.ClH/c7-3-5(6(8,9)10)1-2-11-4-5;/h11H,1-4H2;1H/t5-;/m1./s1. The molecule has 1 nitrogen and oxygen atoms in total. The lowest BCUT2D eigenvalue weighted by atomic mass is 9.88. The molecule has 0 unspecified atom stereocenters. The van der Waals surface area contributed by atoms with Crippen molar-refractivity contribution in [2.24, 2.45) is 5.41 Å². The van der Waals surface area contributed by atoms with Gasteiger partial charge in [-0.05, 0) is 13.0 Å². The van der Waals surface area contributed by atoms with Crippen molar-refractivity contribution in [1.29, 1.82) is 0 Å². The van der Waals surface area contributed by atoms with Gasteiger partial charge in [0.15, 0.2) is 0 Å². The second-order valence-electron chi connectivity index (χ2n) is 2.84. The number of halogens is 5. The van der Waals surface area contributed by atoms with E-state index in [-0.39, 0.29) is 31.9 Å². The molecule has 0 aromatic carbocycles. The number of hydrogen-bond donors (Lipinski definition) is 1. The van der Waals surface area contributed by atoms with E-state index in [1.807, 2.05) is 0 Å². The highest BCUT2D eigenvalue weighted by molar-refractivity contribution is 5.85. The molecule has 0 aliphatic carbocycles. The highest BCUT2D eigenvalue weighted by atomic mass is 35.5. The van der Waals surface area contributed by atoms with Crippen molar-refractivity contribution >= 4 is 12.4 Å². The van der Waals surface area contributed by atoms with Gasteiger partial charge in [-0.25, -0.2) is 0 Å². The summed E-state index contributed by atoms with van der Waals surface area (Å²) in [6.07, 6.45) is -4.56. The van der Waals surface area contributed by atoms with Gasteiger partial charge < -0.3 is 5.32 Å². The van der Waals surface area contributed by atoms with Gasteiger partial charge in [-0.1, -0.05) is 0 Å². The van der Waals surface area contributed by atoms with Crippen LogP contribution in [0.15, 0.2) is 0 Å². The second kappa shape index (κ2) is 3.79. The summed E-state index contributed by atoms with van der Waals surface area (Å²) in [4.78, 5) is 0. The van der Waals surface area contributed by atoms with Gasteiger partial charge in [0.1, 0.15) is 12.1 Å². The van der Waals surface area contributed by atoms with E-state index in [4.69, 9.17) is 0 Å². The fraction of sp³-hybridized carbons (Fsp3) is 1.00. The highest BCUT2D eigenvalue weighted by Gasteiger charge is 2.56. The average molecular weight is 208 g/mol. The Morgan fingerprint density at radius 3 is 2.08 bits per heavy atom. The molecule has 0 aromatic heterocycles. The Balaban J connectivity index is 0.00000121. The van der Waals surface area contributed by atoms with E-state index in [2.05, 4.69) is 5.32 Å². The van der Waals surface area contributed by atoms with E-state index in [9.17, 15) is 17.6 Å². The van der Waals surface area contributed by atoms with Crippen molar-refractivity contribution in [3.8, 4) is 0 Å². The third-order valence-electron chi connectivity index (χ3n) is 2.10. The van der Waals surface area contributed by atoms with Crippen molar-refractivity contribution in [2.45, 2.75) is 12.6 Å². The van der Waals surface area contributed by atoms with E-state index in [0.717, 1.165) is 0 Å². The number of nitrogens with one attached hydrogen (secondary N) is 1. The van der Waals surface area contributed by atoms with Crippen LogP contribution in [-0.2, 0) is 0 Å². The molecule has 1 heterocycles. The maximum Gasteiger partial charge on any atom is 0.398 e. The van der Waals surface area contributed by atoms with Gasteiger partial charge in [-0.2, -0.15) is 13.2 Å². The fourth-order valence-corrected chi connectivity index (χ4v) is 1.18. The maximum atomic E-state index is 12.1. The number of hydrogen-bond acceptors (Lipinski definition) is 1. The zero-order valence-electron chi connectivity index (χ0n) is 6.25. The summed E-state index contributed by atoms with van der Waals surface area (Å²) in [5.41, 5.74) is -2.10. The van der Waals surface area contributed by atoms with Gasteiger partial charge >= 0.3 is 6.18 Å². The third kappa shape index (κ3) is 1.82. The Labute approximate surface area is 73.9 Å². The van der Waals surface area contributed by atoms with E-state index in [0.29, 0.717) is 0 Å². The SMILES string of the molecule is Cl.FC[C@]1(C(F)(F)F)CCNC1. The van der Waals surface area contributed by atoms with Crippen LogP contribution in [0.5, 0.6) is 0 Å². The molecular weight excluding hydrogens is 198 g/mol. The smallest absolute Gasteiger partial charge is 0.316 e. The van der Waals surface area contributed by atoms with Gasteiger partial charge in [0.25, 0.3) is 0 Å². The van der Waals surface area contributed by atoms with Crippen LogP contribution >= 0.6 is 12.4 Å². The lowest BCUT2D eigenvalue weighted by molar-refractivity contribution is -0.221. The summed E-state index contributed by atoms with van der Waals surface area (Å²) in [5, 5.41) is 2.51. The molecule has 0 saturated carbocycles. The van der Waals surface area contributed by atoms with Gasteiger partial charge in [-0.3, -0.25) is 4.39 Å². The van der Waals surface area contributed by atoms with Crippen molar-refractivity contribution in [3.05, 3.63) is 0 Å². The molecule has 1 atom stereocenters. The predicted octanol–water partition coefficient (Wildman–Crippen LogP) is 1.92. The molecule has 74 valence electrons. The molecule has 1 rings (SSSR count). The first-order valence-electron chi connectivity index (χ1n) is 3.35. The highest BCUT2D eigenvalue weighted by Crippen LogP contribution is 2.42. The van der Waals surface area contributed by atoms with Crippen LogP contribution in [0.4, 0.5) is 17.6 Å². The molecule has 1 aliphatic rings. The molecule has 1 saturated heterocycles. The molecule has 1 aliphatic heterocycles. The summed E-state index contributed by atoms with van der Waals surface area (Å²) >= 11 is 0. The molecule has 1 N–H and O–H groups in total. The summed E-state index contributed by atoms with van der Waals surface area (Å²) in [6.45, 7) is -1.35. The molecule has 1 fully saturated rings. The normalized spacial score (nSPS) is 30.0. The zero-order valence-corrected chi connectivity index (χ0v) is 7.07. The lowest BCUT2D eigenvalue weighted by Gasteiger charge is -2.27. The Morgan fingerprint density at radius 2 is 1.92 bits per heavy atom. The van der Waals surface area contributed by atoms with Gasteiger partial charge in [-0.15, -0.1) is 12.4 Å². The Kier molecular flexibility index (Phi) is 3.78. The Morgan fingerprint density at radius 1 is 1.33 bits per heavy atom. The summed E-state index contributed by atoms with van der Waals surface area (Å²) < 4.78 is 48.5. The Bertz CT molecular complexity index is 141. The van der Waals surface area contributed by atoms with E-state index in [1.165, 1.54) is 0 Å². The Hall–Kier alpha value is -0.0300. The van der Waals surface area contributed by atoms with Gasteiger partial charge in [0, 0.05) is 6.54 Å². The molecular formula is C6H10ClF4N. The summed E-state index contributed by atoms with van der Waals surface area (Å²) in [5.74, 6) is 0. The average Bonchev–Trinajstić information content (AvgIpc) is 2.33. The maximum absolute atomic E-state index is 12.1. The minimum absolute atomic E-state index is 0. The monoisotopic (exact) mass is 207 g/mol. The number of rotatable bonds is 1. The largest absolute Gasteiger partial charge is 0.398 e. The molecule has 12 heavy (non-hydrogen) atoms. The lowest BCUT2D eigenvalue weighted by Crippen LogP contribution is -2.41. The van der Waals surface area contributed by atoms with Crippen LogP contribution in [-0.4, -0.2) is 25.9 Å². The zero-order chi connectivity index (χ0) is 8.54. The van der Waals surface area contributed by atoms with Crippen LogP contribution in [0.25, 0.3) is 0 Å². The first kappa shape index (κ1) is 12.0. The quantitative estimate of drug-likeness (QED) is 0.648. The van der Waals surface area contributed by atoms with Gasteiger partial charge in [0.05, 0.1) is 0 Å². The van der Waals surface area contributed by atoms with Crippen LogP contribution in [0.2, 0.25) is 0 Å². The fourth-order valence-electron chi connectivity index (χ4n) is 1.18. The number of alkyl halides is 4. The molecule has 0 amide bonds. The van der Waals surface area contributed by atoms with E-state index < -0.39 is 18.3 Å². The minimum atomic E-state index is -4.41. The van der Waals surface area contributed by atoms with Crippen LogP contribution in [0.1, 0.15) is 6.42 Å². The van der Waals surface area contributed by atoms with Crippen molar-refractivity contribution in [2.75, 3.05) is 19.8 Å². The van der Waals surface area contributed by atoms with Crippen LogP contribution in [0.3, 0.4) is 0 Å². The summed E-state index contributed by atoms with van der Waals surface area (Å²) in [7, 11) is 0. The minimum Gasteiger partial charge on any atom is -0.316 e. The van der Waals surface area contributed by atoms with Crippen molar-refractivity contribution in [1.82, 2.24) is 5.32 Å².